The van der Waals surface area contributed by atoms with E-state index in [1.807, 2.05) is 25.1 Å². The first-order valence-corrected chi connectivity index (χ1v) is 8.13. The lowest BCUT2D eigenvalue weighted by molar-refractivity contribution is -0.907. The molecule has 3 nitrogen and oxygen atoms in total. The minimum Gasteiger partial charge on any atom is -0.493 e. The first-order valence-electron chi connectivity index (χ1n) is 8.13. The van der Waals surface area contributed by atoms with Crippen molar-refractivity contribution in [3.05, 3.63) is 64.7 Å². The van der Waals surface area contributed by atoms with Crippen molar-refractivity contribution in [2.75, 3.05) is 13.7 Å². The summed E-state index contributed by atoms with van der Waals surface area (Å²) in [5.74, 6) is 0.964. The van der Waals surface area contributed by atoms with Gasteiger partial charge in [0.2, 0.25) is 0 Å². The summed E-state index contributed by atoms with van der Waals surface area (Å²) in [4.78, 5) is 13.0. The van der Waals surface area contributed by atoms with E-state index in [0.29, 0.717) is 6.61 Å². The molecule has 3 heteroatoms. The Hall–Kier alpha value is -2.13. The molecule has 0 saturated carbocycles. The zero-order valence-electron chi connectivity index (χ0n) is 14.5. The van der Waals surface area contributed by atoms with Crippen LogP contribution in [0.1, 0.15) is 40.9 Å². The molecule has 1 atom stereocenters. The third kappa shape index (κ3) is 4.93. The molecule has 0 aliphatic rings. The Balaban J connectivity index is 2.14. The van der Waals surface area contributed by atoms with Crippen LogP contribution >= 0.6 is 0 Å². The first kappa shape index (κ1) is 17.2. The van der Waals surface area contributed by atoms with E-state index in [9.17, 15) is 4.79 Å². The number of Topliss-reactive ketones (excluding diaryl/α,β-unsaturated/α-hetero) is 1. The molecule has 0 bridgehead atoms. The highest BCUT2D eigenvalue weighted by atomic mass is 16.5. The molecule has 2 rings (SSSR count). The van der Waals surface area contributed by atoms with Gasteiger partial charge in [-0.15, -0.1) is 0 Å². The van der Waals surface area contributed by atoms with E-state index in [0.717, 1.165) is 30.0 Å². The Bertz CT molecular complexity index is 662. The average molecular weight is 312 g/mol. The SMILES string of the molecule is CCOc1ccc(C(C)=O)cc1C[NH+](C)Cc1ccc(C)cc1. The molecular weight excluding hydrogens is 286 g/mol. The maximum atomic E-state index is 11.6. The van der Waals surface area contributed by atoms with Gasteiger partial charge >= 0.3 is 0 Å². The third-order valence-electron chi connectivity index (χ3n) is 3.89. The smallest absolute Gasteiger partial charge is 0.159 e. The molecule has 0 heterocycles. The number of benzene rings is 2. The molecule has 0 radical (unpaired) electrons. The topological polar surface area (TPSA) is 30.7 Å². The number of rotatable bonds is 7. The molecule has 0 aromatic heterocycles. The molecule has 0 aliphatic heterocycles. The Labute approximate surface area is 138 Å². The zero-order chi connectivity index (χ0) is 16.8. The number of hydrogen-bond donors (Lipinski definition) is 1. The second-order valence-electron chi connectivity index (χ2n) is 6.11. The Morgan fingerprint density at radius 2 is 1.78 bits per heavy atom. The van der Waals surface area contributed by atoms with E-state index in [-0.39, 0.29) is 5.78 Å². The Kier molecular flexibility index (Phi) is 5.94. The van der Waals surface area contributed by atoms with Crippen molar-refractivity contribution >= 4 is 5.78 Å². The van der Waals surface area contributed by atoms with Gasteiger partial charge in [0, 0.05) is 16.7 Å². The molecule has 0 amide bonds. The standard InChI is InChI=1S/C20H25NO2/c1-5-23-20-11-10-18(16(3)22)12-19(20)14-21(4)13-17-8-6-15(2)7-9-17/h6-12H,5,13-14H2,1-4H3/p+1. The summed E-state index contributed by atoms with van der Waals surface area (Å²) < 4.78 is 5.71. The van der Waals surface area contributed by atoms with Crippen LogP contribution in [0.4, 0.5) is 0 Å². The van der Waals surface area contributed by atoms with Gasteiger partial charge in [-0.2, -0.15) is 0 Å². The number of ether oxygens (including phenoxy) is 1. The zero-order valence-corrected chi connectivity index (χ0v) is 14.5. The van der Waals surface area contributed by atoms with Gasteiger partial charge in [0.1, 0.15) is 18.8 Å². The lowest BCUT2D eigenvalue weighted by atomic mass is 10.1. The number of hydrogen-bond acceptors (Lipinski definition) is 2. The number of carbonyl (C=O) groups excluding carboxylic acids is 1. The molecule has 0 spiro atoms. The monoisotopic (exact) mass is 312 g/mol. The van der Waals surface area contributed by atoms with Gasteiger partial charge in [0.15, 0.2) is 5.78 Å². The molecule has 2 aromatic carbocycles. The number of carbonyl (C=O) groups is 1. The molecule has 1 N–H and O–H groups in total. The van der Waals surface area contributed by atoms with Crippen molar-refractivity contribution in [2.24, 2.45) is 0 Å². The van der Waals surface area contributed by atoms with E-state index in [2.05, 4.69) is 38.2 Å². The van der Waals surface area contributed by atoms with E-state index >= 15 is 0 Å². The molecule has 0 fully saturated rings. The average Bonchev–Trinajstić information content (AvgIpc) is 2.51. The Morgan fingerprint density at radius 3 is 2.39 bits per heavy atom. The maximum absolute atomic E-state index is 11.6. The highest BCUT2D eigenvalue weighted by molar-refractivity contribution is 5.94. The van der Waals surface area contributed by atoms with E-state index in [1.54, 1.807) is 6.92 Å². The molecule has 0 saturated heterocycles. The lowest BCUT2D eigenvalue weighted by Gasteiger charge is -2.17. The second-order valence-corrected chi connectivity index (χ2v) is 6.11. The molecule has 23 heavy (non-hydrogen) atoms. The number of aryl methyl sites for hydroxylation is 1. The third-order valence-corrected chi connectivity index (χ3v) is 3.89. The minimum atomic E-state index is 0.0884. The normalized spacial score (nSPS) is 12.0. The van der Waals surface area contributed by atoms with E-state index < -0.39 is 0 Å². The van der Waals surface area contributed by atoms with Crippen molar-refractivity contribution < 1.29 is 14.4 Å². The van der Waals surface area contributed by atoms with Crippen molar-refractivity contribution in [2.45, 2.75) is 33.9 Å². The highest BCUT2D eigenvalue weighted by Gasteiger charge is 2.13. The molecule has 122 valence electrons. The van der Waals surface area contributed by atoms with E-state index in [4.69, 9.17) is 4.74 Å². The second kappa shape index (κ2) is 7.93. The number of ketones is 1. The summed E-state index contributed by atoms with van der Waals surface area (Å²) in [7, 11) is 2.16. The molecule has 1 unspecified atom stereocenters. The van der Waals surface area contributed by atoms with Crippen LogP contribution in [0.25, 0.3) is 0 Å². The largest absolute Gasteiger partial charge is 0.493 e. The van der Waals surface area contributed by atoms with Crippen molar-refractivity contribution in [3.8, 4) is 5.75 Å². The van der Waals surface area contributed by atoms with Crippen LogP contribution in [0, 0.1) is 6.92 Å². The fourth-order valence-electron chi connectivity index (χ4n) is 2.67. The fraction of sp³-hybridized carbons (Fsp3) is 0.350. The summed E-state index contributed by atoms with van der Waals surface area (Å²) >= 11 is 0. The van der Waals surface area contributed by atoms with Crippen LogP contribution in [0.5, 0.6) is 5.75 Å². The quantitative estimate of drug-likeness (QED) is 0.797. The van der Waals surface area contributed by atoms with Crippen LogP contribution in [0.3, 0.4) is 0 Å². The van der Waals surface area contributed by atoms with Gasteiger partial charge in [-0.3, -0.25) is 4.79 Å². The van der Waals surface area contributed by atoms with Crippen LogP contribution in [0.15, 0.2) is 42.5 Å². The van der Waals surface area contributed by atoms with Gasteiger partial charge in [-0.1, -0.05) is 29.8 Å². The van der Waals surface area contributed by atoms with Gasteiger partial charge in [0.25, 0.3) is 0 Å². The van der Waals surface area contributed by atoms with Gasteiger partial charge < -0.3 is 9.64 Å². The van der Waals surface area contributed by atoms with Crippen LogP contribution < -0.4 is 9.64 Å². The van der Waals surface area contributed by atoms with Crippen LogP contribution in [-0.2, 0) is 13.1 Å². The molecular formula is C20H26NO2+. The fourth-order valence-corrected chi connectivity index (χ4v) is 2.67. The predicted molar refractivity (Wildman–Crippen MR) is 93.1 cm³/mol. The summed E-state index contributed by atoms with van der Waals surface area (Å²) in [6, 6.07) is 14.4. The van der Waals surface area contributed by atoms with Crippen LogP contribution in [0.2, 0.25) is 0 Å². The first-order chi connectivity index (χ1) is 11.0. The van der Waals surface area contributed by atoms with Gasteiger partial charge in [-0.05, 0) is 39.0 Å². The molecule has 0 aliphatic carbocycles. The summed E-state index contributed by atoms with van der Waals surface area (Å²) in [5, 5.41) is 0. The number of nitrogens with one attached hydrogen (secondary N) is 1. The van der Waals surface area contributed by atoms with Crippen molar-refractivity contribution in [3.63, 3.8) is 0 Å². The molecule has 2 aromatic rings. The van der Waals surface area contributed by atoms with Crippen molar-refractivity contribution in [1.82, 2.24) is 0 Å². The van der Waals surface area contributed by atoms with Crippen LogP contribution in [-0.4, -0.2) is 19.4 Å². The predicted octanol–water partition coefficient (Wildman–Crippen LogP) is 2.81. The summed E-state index contributed by atoms with van der Waals surface area (Å²) in [5.41, 5.74) is 4.42. The summed E-state index contributed by atoms with van der Waals surface area (Å²) in [6.45, 7) is 8.07. The van der Waals surface area contributed by atoms with E-state index in [1.165, 1.54) is 16.0 Å². The lowest BCUT2D eigenvalue weighted by Crippen LogP contribution is -3.06. The minimum absolute atomic E-state index is 0.0884. The van der Waals surface area contributed by atoms with Gasteiger partial charge in [0.05, 0.1) is 13.7 Å². The number of quaternary nitrogens is 1. The summed E-state index contributed by atoms with van der Waals surface area (Å²) in [6.07, 6.45) is 0. The highest BCUT2D eigenvalue weighted by Crippen LogP contribution is 2.20. The Morgan fingerprint density at radius 1 is 1.09 bits per heavy atom. The van der Waals surface area contributed by atoms with Crippen molar-refractivity contribution in [1.29, 1.82) is 0 Å². The maximum Gasteiger partial charge on any atom is 0.159 e. The van der Waals surface area contributed by atoms with Gasteiger partial charge in [-0.25, -0.2) is 0 Å².